The first kappa shape index (κ1) is 14.0. The second-order valence-electron chi connectivity index (χ2n) is 2.99. The number of carbonyl (C=O) groups is 1. The minimum Gasteiger partial charge on any atom is -0.542 e. The maximum absolute atomic E-state index is 12.3. The third kappa shape index (κ3) is 2.80. The van der Waals surface area contributed by atoms with Crippen molar-refractivity contribution >= 4 is 27.5 Å². The van der Waals surface area contributed by atoms with Crippen LogP contribution in [0.25, 0.3) is 10.2 Å². The number of hydrogen-bond donors (Lipinski definition) is 0. The average molecular weight is 253 g/mol. The second kappa shape index (κ2) is 4.68. The van der Waals surface area contributed by atoms with Crippen LogP contribution in [-0.2, 0) is 6.18 Å². The van der Waals surface area contributed by atoms with Gasteiger partial charge in [0.15, 0.2) is 0 Å². The molecular formula is C9H3F3LiNO2S. The van der Waals surface area contributed by atoms with Crippen molar-refractivity contribution in [1.29, 1.82) is 0 Å². The Kier molecular flexibility index (Phi) is 3.87. The van der Waals surface area contributed by atoms with E-state index in [1.807, 2.05) is 0 Å². The van der Waals surface area contributed by atoms with E-state index in [9.17, 15) is 23.1 Å². The molecule has 2 rings (SSSR count). The molecule has 0 unspecified atom stereocenters. The van der Waals surface area contributed by atoms with Crippen molar-refractivity contribution in [2.24, 2.45) is 0 Å². The number of carbonyl (C=O) groups excluding carboxylic acids is 1. The van der Waals surface area contributed by atoms with Gasteiger partial charge in [0.25, 0.3) is 0 Å². The molecule has 0 spiro atoms. The van der Waals surface area contributed by atoms with Crippen LogP contribution >= 0.6 is 11.3 Å². The molecule has 0 saturated carbocycles. The van der Waals surface area contributed by atoms with Gasteiger partial charge < -0.3 is 9.90 Å². The van der Waals surface area contributed by atoms with Crippen molar-refractivity contribution in [2.45, 2.75) is 6.18 Å². The van der Waals surface area contributed by atoms with Gasteiger partial charge >= 0.3 is 25.0 Å². The monoisotopic (exact) mass is 253 g/mol. The van der Waals surface area contributed by atoms with Crippen molar-refractivity contribution in [3.8, 4) is 0 Å². The molecule has 2 aromatic rings. The number of nitrogens with zero attached hydrogens (tertiary/aromatic N) is 1. The number of thiazole rings is 1. The molecule has 0 bridgehead atoms. The fourth-order valence-electron chi connectivity index (χ4n) is 1.19. The summed E-state index contributed by atoms with van der Waals surface area (Å²) in [4.78, 5) is 14.0. The number of fused-ring (bicyclic) bond motifs is 1. The summed E-state index contributed by atoms with van der Waals surface area (Å²) in [5.74, 6) is -1.49. The first-order valence-electron chi connectivity index (χ1n) is 4.07. The third-order valence-electron chi connectivity index (χ3n) is 1.89. The summed E-state index contributed by atoms with van der Waals surface area (Å²) in [6, 6.07) is 2.90. The van der Waals surface area contributed by atoms with Crippen LogP contribution in [-0.4, -0.2) is 11.0 Å². The zero-order valence-corrected chi connectivity index (χ0v) is 9.35. The molecule has 1 aromatic heterocycles. The predicted molar refractivity (Wildman–Crippen MR) is 49.0 cm³/mol. The number of carboxylic acid groups (broad SMARTS) is 1. The average Bonchev–Trinajstić information content (AvgIpc) is 2.58. The predicted octanol–water partition coefficient (Wildman–Crippen LogP) is -1.32. The van der Waals surface area contributed by atoms with Crippen LogP contribution in [0.1, 0.15) is 15.4 Å². The number of aromatic nitrogens is 1. The van der Waals surface area contributed by atoms with E-state index in [2.05, 4.69) is 4.98 Å². The SMILES string of the molecule is O=C([O-])c1nc2cc(C(F)(F)F)ccc2s1.[Li+]. The van der Waals surface area contributed by atoms with Gasteiger partial charge in [-0.25, -0.2) is 4.98 Å². The molecule has 84 valence electrons. The van der Waals surface area contributed by atoms with E-state index >= 15 is 0 Å². The van der Waals surface area contributed by atoms with Gasteiger partial charge in [-0.1, -0.05) is 0 Å². The van der Waals surface area contributed by atoms with Crippen LogP contribution in [0.2, 0.25) is 0 Å². The standard InChI is InChI=1S/C9H4F3NO2S.Li/c10-9(11,12)4-1-2-6-5(3-4)13-7(16-6)8(14)15;/h1-3H,(H,14,15);/q;+1/p-1. The molecule has 0 aliphatic carbocycles. The molecule has 3 nitrogen and oxygen atoms in total. The summed E-state index contributed by atoms with van der Waals surface area (Å²) in [6.07, 6.45) is -4.46. The van der Waals surface area contributed by atoms with Gasteiger partial charge in [0.2, 0.25) is 0 Å². The maximum atomic E-state index is 12.3. The molecule has 0 N–H and O–H groups in total. The summed E-state index contributed by atoms with van der Waals surface area (Å²) in [6.45, 7) is 0. The van der Waals surface area contributed by atoms with Crippen LogP contribution in [0.4, 0.5) is 13.2 Å². The summed E-state index contributed by atoms with van der Waals surface area (Å²) >= 11 is 0.784. The molecule has 0 radical (unpaired) electrons. The molecule has 0 amide bonds. The van der Waals surface area contributed by atoms with E-state index in [4.69, 9.17) is 0 Å². The van der Waals surface area contributed by atoms with Crippen LogP contribution in [0.5, 0.6) is 0 Å². The number of aromatic carboxylic acids is 1. The fraction of sp³-hybridized carbons (Fsp3) is 0.111. The fourth-order valence-corrected chi connectivity index (χ4v) is 1.97. The number of carboxylic acids is 1. The van der Waals surface area contributed by atoms with E-state index < -0.39 is 17.7 Å². The third-order valence-corrected chi connectivity index (χ3v) is 2.91. The smallest absolute Gasteiger partial charge is 0.542 e. The number of alkyl halides is 3. The Balaban J connectivity index is 0.00000144. The largest absolute Gasteiger partial charge is 1.00 e. The Morgan fingerprint density at radius 2 is 2.00 bits per heavy atom. The minimum atomic E-state index is -4.46. The second-order valence-corrected chi connectivity index (χ2v) is 4.02. The van der Waals surface area contributed by atoms with Gasteiger partial charge in [0.1, 0.15) is 11.0 Å². The molecule has 0 atom stereocenters. The summed E-state index contributed by atoms with van der Waals surface area (Å²) < 4.78 is 37.4. The molecule has 0 fully saturated rings. The number of halogens is 3. The molecule has 1 heterocycles. The zero-order chi connectivity index (χ0) is 11.9. The van der Waals surface area contributed by atoms with Crippen LogP contribution < -0.4 is 24.0 Å². The zero-order valence-electron chi connectivity index (χ0n) is 8.54. The van der Waals surface area contributed by atoms with Crippen molar-refractivity contribution in [1.82, 2.24) is 4.98 Å². The van der Waals surface area contributed by atoms with Crippen LogP contribution in [0.15, 0.2) is 18.2 Å². The Bertz CT molecular complexity index is 567. The topological polar surface area (TPSA) is 53.0 Å². The quantitative estimate of drug-likeness (QED) is 0.592. The number of hydrogen-bond acceptors (Lipinski definition) is 4. The van der Waals surface area contributed by atoms with E-state index in [-0.39, 0.29) is 29.4 Å². The van der Waals surface area contributed by atoms with Gasteiger partial charge in [0.05, 0.1) is 15.8 Å². The van der Waals surface area contributed by atoms with Crippen LogP contribution in [0, 0.1) is 0 Å². The summed E-state index contributed by atoms with van der Waals surface area (Å²) in [5.41, 5.74) is -0.839. The van der Waals surface area contributed by atoms with Gasteiger partial charge in [-0.2, -0.15) is 13.2 Å². The number of rotatable bonds is 1. The van der Waals surface area contributed by atoms with Gasteiger partial charge in [-0.3, -0.25) is 0 Å². The Hall–Kier alpha value is -1.03. The van der Waals surface area contributed by atoms with Gasteiger partial charge in [0, 0.05) is 0 Å². The van der Waals surface area contributed by atoms with E-state index in [0.717, 1.165) is 23.5 Å². The Morgan fingerprint density at radius 3 is 2.53 bits per heavy atom. The maximum Gasteiger partial charge on any atom is 1.00 e. The van der Waals surface area contributed by atoms with E-state index in [1.165, 1.54) is 6.07 Å². The van der Waals surface area contributed by atoms with E-state index in [0.29, 0.717) is 4.70 Å². The van der Waals surface area contributed by atoms with Crippen molar-refractivity contribution < 1.29 is 41.9 Å². The summed E-state index contributed by atoms with van der Waals surface area (Å²) in [5, 5.41) is 10.1. The summed E-state index contributed by atoms with van der Waals surface area (Å²) in [7, 11) is 0. The normalized spacial score (nSPS) is 11.2. The molecule has 0 saturated heterocycles. The number of benzene rings is 1. The van der Waals surface area contributed by atoms with Crippen LogP contribution in [0.3, 0.4) is 0 Å². The van der Waals surface area contributed by atoms with Crippen molar-refractivity contribution in [3.05, 3.63) is 28.8 Å². The van der Waals surface area contributed by atoms with Gasteiger partial charge in [-0.05, 0) is 18.2 Å². The molecule has 0 aliphatic heterocycles. The van der Waals surface area contributed by atoms with Crippen molar-refractivity contribution in [3.63, 3.8) is 0 Å². The molecule has 0 aliphatic rings. The molecule has 17 heavy (non-hydrogen) atoms. The van der Waals surface area contributed by atoms with Crippen molar-refractivity contribution in [2.75, 3.05) is 0 Å². The van der Waals surface area contributed by atoms with Gasteiger partial charge in [-0.15, -0.1) is 11.3 Å². The Morgan fingerprint density at radius 1 is 1.35 bits per heavy atom. The Labute approximate surface area is 109 Å². The molecule has 1 aromatic carbocycles. The minimum absolute atomic E-state index is 0. The van der Waals surface area contributed by atoms with E-state index in [1.54, 1.807) is 0 Å². The molecule has 8 heteroatoms. The first-order valence-corrected chi connectivity index (χ1v) is 4.89. The molecular weight excluding hydrogens is 250 g/mol. The first-order chi connectivity index (χ1) is 7.38.